The first kappa shape index (κ1) is 13.7. The minimum atomic E-state index is -0.141. The summed E-state index contributed by atoms with van der Waals surface area (Å²) in [7, 11) is 1.91. The second-order valence-corrected chi connectivity index (χ2v) is 6.10. The van der Waals surface area contributed by atoms with Crippen LogP contribution >= 0.6 is 27.3 Å². The van der Waals surface area contributed by atoms with Gasteiger partial charge in [0.05, 0.1) is 0 Å². The van der Waals surface area contributed by atoms with Gasteiger partial charge in [-0.15, -0.1) is 11.3 Å². The average molecular weight is 328 g/mol. The number of hydrogen-bond acceptors (Lipinski definition) is 2. The van der Waals surface area contributed by atoms with E-state index in [4.69, 9.17) is 0 Å². The Hall–Kier alpha value is -0.710. The Morgan fingerprint density at radius 3 is 2.72 bits per heavy atom. The van der Waals surface area contributed by atoms with Gasteiger partial charge in [-0.25, -0.2) is 4.39 Å². The molecule has 1 unspecified atom stereocenters. The molecule has 0 spiro atoms. The van der Waals surface area contributed by atoms with Crippen LogP contribution in [0.3, 0.4) is 0 Å². The van der Waals surface area contributed by atoms with Crippen LogP contribution in [0.2, 0.25) is 0 Å². The van der Waals surface area contributed by atoms with Gasteiger partial charge in [0, 0.05) is 21.8 Å². The third-order valence-corrected chi connectivity index (χ3v) is 4.98. The van der Waals surface area contributed by atoms with E-state index in [1.54, 1.807) is 24.3 Å². The van der Waals surface area contributed by atoms with Crippen LogP contribution in [-0.4, -0.2) is 7.05 Å². The van der Waals surface area contributed by atoms with E-state index in [0.717, 1.165) is 16.5 Å². The predicted molar refractivity (Wildman–Crippen MR) is 78.7 cm³/mol. The number of rotatable bonds is 4. The summed E-state index contributed by atoms with van der Waals surface area (Å²) in [5.74, 6) is -0.141. The van der Waals surface area contributed by atoms with Crippen molar-refractivity contribution in [2.45, 2.75) is 19.4 Å². The first-order chi connectivity index (χ1) is 8.61. The fourth-order valence-corrected chi connectivity index (χ4v) is 3.43. The van der Waals surface area contributed by atoms with Crippen molar-refractivity contribution in [3.8, 4) is 0 Å². The van der Waals surface area contributed by atoms with Crippen LogP contribution in [0.1, 0.15) is 22.0 Å². The third-order valence-electron chi connectivity index (χ3n) is 3.03. The van der Waals surface area contributed by atoms with Gasteiger partial charge in [0.2, 0.25) is 0 Å². The molecule has 96 valence electrons. The second-order valence-electron chi connectivity index (χ2n) is 4.25. The molecule has 1 atom stereocenters. The van der Waals surface area contributed by atoms with Crippen molar-refractivity contribution in [2.24, 2.45) is 0 Å². The minimum absolute atomic E-state index is 0.134. The van der Waals surface area contributed by atoms with Crippen molar-refractivity contribution in [1.82, 2.24) is 5.32 Å². The van der Waals surface area contributed by atoms with Crippen LogP contribution in [0.5, 0.6) is 0 Å². The summed E-state index contributed by atoms with van der Waals surface area (Å²) in [4.78, 5) is 1.27. The number of nitrogens with one attached hydrogen (secondary N) is 1. The van der Waals surface area contributed by atoms with Gasteiger partial charge in [0.1, 0.15) is 5.82 Å². The lowest BCUT2D eigenvalue weighted by molar-refractivity contribution is 0.577. The molecular weight excluding hydrogens is 313 g/mol. The lowest BCUT2D eigenvalue weighted by atomic mass is 10.0. The maximum Gasteiger partial charge on any atom is 0.126 e. The van der Waals surface area contributed by atoms with Crippen LogP contribution in [0.25, 0.3) is 0 Å². The van der Waals surface area contributed by atoms with Gasteiger partial charge in [0.25, 0.3) is 0 Å². The van der Waals surface area contributed by atoms with E-state index in [1.807, 2.05) is 25.2 Å². The van der Waals surface area contributed by atoms with E-state index in [2.05, 4.69) is 26.6 Å². The summed E-state index contributed by atoms with van der Waals surface area (Å²) >= 11 is 5.25. The predicted octanol–water partition coefficient (Wildman–Crippen LogP) is 4.46. The number of hydrogen-bond donors (Lipinski definition) is 1. The molecule has 0 fully saturated rings. The van der Waals surface area contributed by atoms with Crippen molar-refractivity contribution in [3.05, 3.63) is 55.9 Å². The van der Waals surface area contributed by atoms with Crippen molar-refractivity contribution in [2.75, 3.05) is 7.05 Å². The van der Waals surface area contributed by atoms with Gasteiger partial charge in [-0.2, -0.15) is 0 Å². The Bertz CT molecular complexity index is 538. The van der Waals surface area contributed by atoms with Crippen LogP contribution in [0.15, 0.2) is 34.1 Å². The number of thiophene rings is 1. The standard InChI is InChI=1S/C14H15BrFNS/c1-9-3-4-10(7-12(9)16)13(17-2)8-14-11(15)5-6-18-14/h3-7,13,17H,8H2,1-2H3. The fraction of sp³-hybridized carbons (Fsp3) is 0.286. The molecule has 0 saturated heterocycles. The summed E-state index contributed by atoms with van der Waals surface area (Å²) in [6.45, 7) is 1.78. The van der Waals surface area contributed by atoms with Crippen LogP contribution in [0, 0.1) is 12.7 Å². The highest BCUT2D eigenvalue weighted by Crippen LogP contribution is 2.28. The summed E-state index contributed by atoms with van der Waals surface area (Å²) in [5, 5.41) is 5.31. The van der Waals surface area contributed by atoms with Crippen molar-refractivity contribution in [3.63, 3.8) is 0 Å². The van der Waals surface area contributed by atoms with E-state index in [1.165, 1.54) is 4.88 Å². The third kappa shape index (κ3) is 2.99. The molecule has 1 aromatic heterocycles. The molecule has 0 aliphatic heterocycles. The molecular formula is C14H15BrFNS. The van der Waals surface area contributed by atoms with Crippen LogP contribution in [0.4, 0.5) is 4.39 Å². The van der Waals surface area contributed by atoms with Gasteiger partial charge in [-0.1, -0.05) is 12.1 Å². The average Bonchev–Trinajstić information content (AvgIpc) is 2.75. The van der Waals surface area contributed by atoms with E-state index in [9.17, 15) is 4.39 Å². The molecule has 0 radical (unpaired) electrons. The molecule has 0 amide bonds. The van der Waals surface area contributed by atoms with Gasteiger partial charge in [-0.3, -0.25) is 0 Å². The van der Waals surface area contributed by atoms with E-state index in [0.29, 0.717) is 5.56 Å². The summed E-state index contributed by atoms with van der Waals surface area (Å²) in [6, 6.07) is 7.62. The van der Waals surface area contributed by atoms with Crippen molar-refractivity contribution >= 4 is 27.3 Å². The topological polar surface area (TPSA) is 12.0 Å². The van der Waals surface area contributed by atoms with Crippen LogP contribution < -0.4 is 5.32 Å². The van der Waals surface area contributed by atoms with Gasteiger partial charge in [0.15, 0.2) is 0 Å². The monoisotopic (exact) mass is 327 g/mol. The fourth-order valence-electron chi connectivity index (χ4n) is 1.87. The van der Waals surface area contributed by atoms with E-state index >= 15 is 0 Å². The maximum absolute atomic E-state index is 13.6. The summed E-state index contributed by atoms with van der Waals surface area (Å²) < 4.78 is 14.7. The molecule has 2 aromatic rings. The van der Waals surface area contributed by atoms with Crippen molar-refractivity contribution in [1.29, 1.82) is 0 Å². The molecule has 0 aliphatic carbocycles. The lowest BCUT2D eigenvalue weighted by Gasteiger charge is -2.16. The van der Waals surface area contributed by atoms with Crippen molar-refractivity contribution < 1.29 is 4.39 Å². The molecule has 18 heavy (non-hydrogen) atoms. The summed E-state index contributed by atoms with van der Waals surface area (Å²) in [5.41, 5.74) is 1.67. The Morgan fingerprint density at radius 2 is 2.17 bits per heavy atom. The molecule has 1 N–H and O–H groups in total. The summed E-state index contributed by atoms with van der Waals surface area (Å²) in [6.07, 6.45) is 0.858. The zero-order chi connectivity index (χ0) is 13.1. The van der Waals surface area contributed by atoms with E-state index in [-0.39, 0.29) is 11.9 Å². The zero-order valence-electron chi connectivity index (χ0n) is 10.3. The first-order valence-electron chi connectivity index (χ1n) is 5.77. The maximum atomic E-state index is 13.6. The molecule has 2 rings (SSSR count). The Morgan fingerprint density at radius 1 is 1.39 bits per heavy atom. The highest BCUT2D eigenvalue weighted by Gasteiger charge is 2.14. The van der Waals surface area contributed by atoms with Gasteiger partial charge >= 0.3 is 0 Å². The Labute approximate surface area is 119 Å². The molecule has 0 saturated carbocycles. The molecule has 0 bridgehead atoms. The normalized spacial score (nSPS) is 12.7. The number of benzene rings is 1. The molecule has 0 aliphatic rings. The molecule has 1 heterocycles. The number of aryl methyl sites for hydroxylation is 1. The highest BCUT2D eigenvalue weighted by molar-refractivity contribution is 9.10. The van der Waals surface area contributed by atoms with Gasteiger partial charge in [-0.05, 0) is 58.5 Å². The zero-order valence-corrected chi connectivity index (χ0v) is 12.7. The quantitative estimate of drug-likeness (QED) is 0.874. The largest absolute Gasteiger partial charge is 0.313 e. The Kier molecular flexibility index (Phi) is 4.54. The second kappa shape index (κ2) is 5.95. The number of halogens is 2. The lowest BCUT2D eigenvalue weighted by Crippen LogP contribution is -2.18. The number of likely N-dealkylation sites (N-methyl/N-ethyl adjacent to an activating group) is 1. The smallest absolute Gasteiger partial charge is 0.126 e. The minimum Gasteiger partial charge on any atom is -0.313 e. The SMILES string of the molecule is CNC(Cc1sccc1Br)c1ccc(C)c(F)c1. The van der Waals surface area contributed by atoms with Gasteiger partial charge < -0.3 is 5.32 Å². The van der Waals surface area contributed by atoms with E-state index < -0.39 is 0 Å². The molecule has 4 heteroatoms. The molecule has 1 aromatic carbocycles. The highest BCUT2D eigenvalue weighted by atomic mass is 79.9. The molecule has 1 nitrogen and oxygen atoms in total. The first-order valence-corrected chi connectivity index (χ1v) is 7.44. The Balaban J connectivity index is 2.23. The van der Waals surface area contributed by atoms with Crippen LogP contribution in [-0.2, 0) is 6.42 Å².